The van der Waals surface area contributed by atoms with Crippen LogP contribution in [0, 0.1) is 11.6 Å². The number of hydrogen-bond acceptors (Lipinski definition) is 3. The zero-order chi connectivity index (χ0) is 14.4. The van der Waals surface area contributed by atoms with E-state index in [2.05, 4.69) is 5.32 Å². The molecular formula is C12H14F2N2O3. The molecule has 0 unspecified atom stereocenters. The number of aliphatic hydroxyl groups excluding tert-OH is 1. The van der Waals surface area contributed by atoms with E-state index in [1.165, 1.54) is 0 Å². The van der Waals surface area contributed by atoms with E-state index >= 15 is 0 Å². The Balaban J connectivity index is 2.80. The summed E-state index contributed by atoms with van der Waals surface area (Å²) in [7, 11) is 0. The summed E-state index contributed by atoms with van der Waals surface area (Å²) in [6.45, 7) is -0.0377. The Morgan fingerprint density at radius 3 is 2.47 bits per heavy atom. The molecule has 4 N–H and O–H groups in total. The average molecular weight is 272 g/mol. The molecule has 5 nitrogen and oxygen atoms in total. The number of rotatable bonds is 6. The molecule has 0 bridgehead atoms. The number of halogens is 2. The Kier molecular flexibility index (Phi) is 5.37. The third-order valence-corrected chi connectivity index (χ3v) is 2.41. The van der Waals surface area contributed by atoms with E-state index in [0.29, 0.717) is 18.9 Å². The molecule has 0 radical (unpaired) electrons. The Morgan fingerprint density at radius 1 is 1.21 bits per heavy atom. The fourth-order valence-corrected chi connectivity index (χ4v) is 1.44. The van der Waals surface area contributed by atoms with Crippen molar-refractivity contribution in [2.24, 2.45) is 5.73 Å². The topological polar surface area (TPSA) is 92.4 Å². The maximum absolute atomic E-state index is 13.4. The number of primary amides is 1. The highest BCUT2D eigenvalue weighted by Gasteiger charge is 2.15. The Labute approximate surface area is 108 Å². The maximum atomic E-state index is 13.4. The lowest BCUT2D eigenvalue weighted by Gasteiger charge is -2.08. The molecule has 0 fully saturated rings. The number of anilines is 1. The lowest BCUT2D eigenvalue weighted by Crippen LogP contribution is -2.17. The molecule has 0 saturated carbocycles. The lowest BCUT2D eigenvalue weighted by molar-refractivity contribution is -0.116. The van der Waals surface area contributed by atoms with Gasteiger partial charge in [0.2, 0.25) is 5.91 Å². The first kappa shape index (κ1) is 15.0. The molecular weight excluding hydrogens is 258 g/mol. The SMILES string of the molecule is NC(=O)c1cc(NC(=O)CCCCO)c(F)cc1F. The molecule has 7 heteroatoms. The van der Waals surface area contributed by atoms with Gasteiger partial charge in [-0.1, -0.05) is 0 Å². The summed E-state index contributed by atoms with van der Waals surface area (Å²) in [5.74, 6) is -3.61. The minimum absolute atomic E-state index is 0.0377. The summed E-state index contributed by atoms with van der Waals surface area (Å²) in [5, 5.41) is 10.8. The molecule has 2 amide bonds. The van der Waals surface area contributed by atoms with Gasteiger partial charge in [0.15, 0.2) is 0 Å². The predicted octanol–water partition coefficient (Wildman–Crippen LogP) is 1.16. The van der Waals surface area contributed by atoms with Crippen molar-refractivity contribution in [3.8, 4) is 0 Å². The van der Waals surface area contributed by atoms with E-state index in [4.69, 9.17) is 10.8 Å². The maximum Gasteiger partial charge on any atom is 0.251 e. The fourth-order valence-electron chi connectivity index (χ4n) is 1.44. The number of nitrogens with two attached hydrogens (primary N) is 1. The summed E-state index contributed by atoms with van der Waals surface area (Å²) in [4.78, 5) is 22.3. The van der Waals surface area contributed by atoms with Crippen LogP contribution in [0.2, 0.25) is 0 Å². The Morgan fingerprint density at radius 2 is 1.89 bits per heavy atom. The number of amides is 2. The molecule has 0 aromatic heterocycles. The van der Waals surface area contributed by atoms with Crippen LogP contribution >= 0.6 is 0 Å². The third kappa shape index (κ3) is 4.29. The molecule has 0 aliphatic rings. The van der Waals surface area contributed by atoms with Gasteiger partial charge in [0.1, 0.15) is 11.6 Å². The van der Waals surface area contributed by atoms with Crippen LogP contribution in [-0.4, -0.2) is 23.5 Å². The average Bonchev–Trinajstić information content (AvgIpc) is 2.32. The largest absolute Gasteiger partial charge is 0.396 e. The molecule has 0 heterocycles. The minimum atomic E-state index is -1.08. The van der Waals surface area contributed by atoms with Crippen LogP contribution in [-0.2, 0) is 4.79 Å². The minimum Gasteiger partial charge on any atom is -0.396 e. The Bertz CT molecular complexity index is 492. The van der Waals surface area contributed by atoms with Crippen LogP contribution in [0.5, 0.6) is 0 Å². The monoisotopic (exact) mass is 272 g/mol. The number of carbonyl (C=O) groups excluding carboxylic acids is 2. The van der Waals surface area contributed by atoms with Gasteiger partial charge in [-0.25, -0.2) is 8.78 Å². The first-order valence-electron chi connectivity index (χ1n) is 5.65. The van der Waals surface area contributed by atoms with Gasteiger partial charge in [0.25, 0.3) is 5.91 Å². The van der Waals surface area contributed by atoms with Crippen LogP contribution in [0.15, 0.2) is 12.1 Å². The lowest BCUT2D eigenvalue weighted by atomic mass is 10.1. The standard InChI is InChI=1S/C12H14F2N2O3/c13-8-6-9(14)10(5-7(8)12(15)19)16-11(18)3-1-2-4-17/h5-6,17H,1-4H2,(H2,15,19)(H,16,18). The summed E-state index contributed by atoms with van der Waals surface area (Å²) in [6.07, 6.45) is 0.975. The third-order valence-electron chi connectivity index (χ3n) is 2.41. The highest BCUT2D eigenvalue weighted by Crippen LogP contribution is 2.19. The van der Waals surface area contributed by atoms with Gasteiger partial charge >= 0.3 is 0 Å². The molecule has 0 atom stereocenters. The molecule has 1 aromatic carbocycles. The highest BCUT2D eigenvalue weighted by atomic mass is 19.1. The van der Waals surface area contributed by atoms with Crippen molar-refractivity contribution in [2.75, 3.05) is 11.9 Å². The van der Waals surface area contributed by atoms with Crippen molar-refractivity contribution >= 4 is 17.5 Å². The van der Waals surface area contributed by atoms with Crippen molar-refractivity contribution in [3.05, 3.63) is 29.3 Å². The van der Waals surface area contributed by atoms with Crippen molar-refractivity contribution in [2.45, 2.75) is 19.3 Å². The second-order valence-corrected chi connectivity index (χ2v) is 3.91. The van der Waals surface area contributed by atoms with Gasteiger partial charge in [-0.2, -0.15) is 0 Å². The van der Waals surface area contributed by atoms with Gasteiger partial charge < -0.3 is 16.2 Å². The molecule has 0 aliphatic carbocycles. The molecule has 1 rings (SSSR count). The van der Waals surface area contributed by atoms with E-state index < -0.39 is 29.0 Å². The molecule has 1 aromatic rings. The van der Waals surface area contributed by atoms with E-state index in [0.717, 1.165) is 6.07 Å². The molecule has 104 valence electrons. The van der Waals surface area contributed by atoms with Gasteiger partial charge in [-0.05, 0) is 18.9 Å². The van der Waals surface area contributed by atoms with Crippen molar-refractivity contribution in [1.29, 1.82) is 0 Å². The number of nitrogens with one attached hydrogen (secondary N) is 1. The quantitative estimate of drug-likeness (QED) is 0.678. The van der Waals surface area contributed by atoms with Crippen molar-refractivity contribution < 1.29 is 23.5 Å². The molecule has 0 saturated heterocycles. The van der Waals surface area contributed by atoms with Gasteiger partial charge in [0, 0.05) is 19.1 Å². The molecule has 0 aliphatic heterocycles. The molecule has 0 spiro atoms. The van der Waals surface area contributed by atoms with E-state index in [1.54, 1.807) is 0 Å². The van der Waals surface area contributed by atoms with Gasteiger partial charge in [-0.3, -0.25) is 9.59 Å². The van der Waals surface area contributed by atoms with Gasteiger partial charge in [0.05, 0.1) is 11.3 Å². The second kappa shape index (κ2) is 6.79. The normalized spacial score (nSPS) is 10.3. The number of carbonyl (C=O) groups is 2. The highest BCUT2D eigenvalue weighted by molar-refractivity contribution is 5.96. The van der Waals surface area contributed by atoms with E-state index in [1.807, 2.05) is 0 Å². The van der Waals surface area contributed by atoms with Crippen molar-refractivity contribution in [1.82, 2.24) is 0 Å². The smallest absolute Gasteiger partial charge is 0.251 e. The number of aliphatic hydroxyl groups is 1. The number of hydrogen-bond donors (Lipinski definition) is 3. The van der Waals surface area contributed by atoms with Gasteiger partial charge in [-0.15, -0.1) is 0 Å². The Hall–Kier alpha value is -2.02. The summed E-state index contributed by atoms with van der Waals surface area (Å²) < 4.78 is 26.6. The predicted molar refractivity (Wildman–Crippen MR) is 64.4 cm³/mol. The van der Waals surface area contributed by atoms with Crippen LogP contribution in [0.1, 0.15) is 29.6 Å². The number of unbranched alkanes of at least 4 members (excludes halogenated alkanes) is 1. The summed E-state index contributed by atoms with van der Waals surface area (Å²) in [5.41, 5.74) is 4.13. The van der Waals surface area contributed by atoms with Crippen LogP contribution in [0.25, 0.3) is 0 Å². The first-order chi connectivity index (χ1) is 8.95. The van der Waals surface area contributed by atoms with Crippen LogP contribution < -0.4 is 11.1 Å². The number of benzene rings is 1. The van der Waals surface area contributed by atoms with E-state index in [-0.39, 0.29) is 18.7 Å². The molecule has 19 heavy (non-hydrogen) atoms. The zero-order valence-corrected chi connectivity index (χ0v) is 10.1. The van der Waals surface area contributed by atoms with Crippen LogP contribution in [0.3, 0.4) is 0 Å². The second-order valence-electron chi connectivity index (χ2n) is 3.91. The van der Waals surface area contributed by atoms with E-state index in [9.17, 15) is 18.4 Å². The summed E-state index contributed by atoms with van der Waals surface area (Å²) >= 11 is 0. The summed E-state index contributed by atoms with van der Waals surface area (Å²) in [6, 6.07) is 1.35. The van der Waals surface area contributed by atoms with Crippen molar-refractivity contribution in [3.63, 3.8) is 0 Å². The van der Waals surface area contributed by atoms with Crippen LogP contribution in [0.4, 0.5) is 14.5 Å². The zero-order valence-electron chi connectivity index (χ0n) is 10.1. The first-order valence-corrected chi connectivity index (χ1v) is 5.65. The fraction of sp³-hybridized carbons (Fsp3) is 0.333.